The van der Waals surface area contributed by atoms with Crippen LogP contribution in [0.15, 0.2) is 77.5 Å². The molecule has 5 rings (SSSR count). The number of nitrogens with two attached hydrogens (primary N) is 1. The molecule has 1 fully saturated rings. The van der Waals surface area contributed by atoms with E-state index in [4.69, 9.17) is 30.0 Å². The van der Waals surface area contributed by atoms with Crippen molar-refractivity contribution in [1.29, 1.82) is 0 Å². The fourth-order valence-electron chi connectivity index (χ4n) is 5.58. The second-order valence-electron chi connectivity index (χ2n) is 12.3. The van der Waals surface area contributed by atoms with Crippen LogP contribution >= 0.6 is 11.6 Å². The van der Waals surface area contributed by atoms with Gasteiger partial charge in [-0.15, -0.1) is 0 Å². The number of aromatic nitrogens is 1. The third-order valence-corrected chi connectivity index (χ3v) is 8.91. The van der Waals surface area contributed by atoms with Crippen LogP contribution in [0.3, 0.4) is 0 Å². The molecule has 0 bridgehead atoms. The van der Waals surface area contributed by atoms with E-state index in [-0.39, 0.29) is 17.6 Å². The predicted molar refractivity (Wildman–Crippen MR) is 211 cm³/mol. The van der Waals surface area contributed by atoms with Crippen molar-refractivity contribution in [3.63, 3.8) is 0 Å². The van der Waals surface area contributed by atoms with Crippen molar-refractivity contribution in [3.05, 3.63) is 106 Å². The van der Waals surface area contributed by atoms with Crippen molar-refractivity contribution >= 4 is 42.5 Å². The molecule has 7 nitrogen and oxygen atoms in total. The molecule has 0 spiro atoms. The van der Waals surface area contributed by atoms with Gasteiger partial charge in [0.25, 0.3) is 0 Å². The third kappa shape index (κ3) is 11.2. The molecule has 2 atom stereocenters. The fourth-order valence-corrected chi connectivity index (χ4v) is 5.76. The molecule has 0 aliphatic heterocycles. The SMILES string of the molecule is CC.CNc1cc(C)cc(C=NCCCF)c1N.[B]=[N+](CC)c1cc(C(O)(CNC=C2CC2)C2C=CC=CC2)nc(-c2ccc(F)c(Cl)c2)c1C. The summed E-state index contributed by atoms with van der Waals surface area (Å²) >= 11 is 6.08. The topological polar surface area (TPSA) is 98.6 Å². The maximum absolute atomic E-state index is 13.8. The summed E-state index contributed by atoms with van der Waals surface area (Å²) in [6.45, 7) is 10.9. The molecule has 0 amide bonds. The number of nitrogen functional groups attached to an aromatic ring is 1. The second kappa shape index (κ2) is 20.0. The summed E-state index contributed by atoms with van der Waals surface area (Å²) in [5.74, 6) is -0.662. The molecule has 0 saturated heterocycles. The molecule has 11 heteroatoms. The number of aliphatic hydroxyl groups is 1. The molecule has 51 heavy (non-hydrogen) atoms. The number of nitrogens with one attached hydrogen (secondary N) is 2. The number of pyridine rings is 1. The molecular weight excluding hydrogens is 665 g/mol. The number of anilines is 2. The Balaban J connectivity index is 0.000000328. The van der Waals surface area contributed by atoms with Crippen LogP contribution in [0.25, 0.3) is 11.3 Å². The van der Waals surface area contributed by atoms with E-state index in [0.717, 1.165) is 40.9 Å². The van der Waals surface area contributed by atoms with Gasteiger partial charge in [0.2, 0.25) is 0 Å². The molecule has 2 aliphatic carbocycles. The first-order valence-electron chi connectivity index (χ1n) is 17.6. The average molecular weight is 717 g/mol. The molecule has 5 N–H and O–H groups in total. The van der Waals surface area contributed by atoms with E-state index in [1.165, 1.54) is 11.6 Å². The number of hydrogen-bond acceptors (Lipinski definition) is 6. The van der Waals surface area contributed by atoms with E-state index in [2.05, 4.69) is 15.6 Å². The van der Waals surface area contributed by atoms with Gasteiger partial charge in [-0.05, 0) is 31.0 Å². The van der Waals surface area contributed by atoms with Crippen LogP contribution in [0, 0.1) is 25.6 Å². The first-order chi connectivity index (χ1) is 24.5. The Labute approximate surface area is 308 Å². The van der Waals surface area contributed by atoms with Crippen molar-refractivity contribution in [2.75, 3.05) is 44.4 Å². The van der Waals surface area contributed by atoms with E-state index >= 15 is 0 Å². The van der Waals surface area contributed by atoms with Gasteiger partial charge in [0.1, 0.15) is 0 Å². The van der Waals surface area contributed by atoms with Gasteiger partial charge in [0.05, 0.1) is 18.0 Å². The first kappa shape index (κ1) is 41.3. The van der Waals surface area contributed by atoms with Gasteiger partial charge in [0, 0.05) is 25.4 Å². The molecule has 3 aromatic rings. The molecule has 1 aromatic heterocycles. The Morgan fingerprint density at radius 1 is 1.18 bits per heavy atom. The normalized spacial score (nSPS) is 15.6. The molecule has 271 valence electrons. The number of allylic oxidation sites excluding steroid dienone is 4. The Bertz CT molecular complexity index is 1770. The van der Waals surface area contributed by atoms with Gasteiger partial charge in [0.15, 0.2) is 0 Å². The Morgan fingerprint density at radius 2 is 1.92 bits per heavy atom. The number of benzene rings is 2. The van der Waals surface area contributed by atoms with Crippen LogP contribution in [-0.4, -0.2) is 61.8 Å². The summed E-state index contributed by atoms with van der Waals surface area (Å²) in [6.07, 6.45) is 15.0. The monoisotopic (exact) mass is 716 g/mol. The number of rotatable bonds is 13. The first-order valence-corrected chi connectivity index (χ1v) is 18.0. The Kier molecular flexibility index (Phi) is 16.2. The summed E-state index contributed by atoms with van der Waals surface area (Å²) in [7, 11) is 8.15. The summed E-state index contributed by atoms with van der Waals surface area (Å²) in [5, 5.41) is 18.5. The summed E-state index contributed by atoms with van der Waals surface area (Å²) in [6, 6.07) is 10.4. The predicted octanol–water partition coefficient (Wildman–Crippen LogP) is 8.88. The van der Waals surface area contributed by atoms with Gasteiger partial charge < -0.3 is 11.1 Å². The van der Waals surface area contributed by atoms with Crippen molar-refractivity contribution in [3.8, 4) is 11.3 Å². The summed E-state index contributed by atoms with van der Waals surface area (Å²) < 4.78 is 27.4. The zero-order valence-electron chi connectivity index (χ0n) is 30.7. The van der Waals surface area contributed by atoms with Crippen molar-refractivity contribution in [2.45, 2.75) is 65.9 Å². The van der Waals surface area contributed by atoms with Crippen LogP contribution in [-0.2, 0) is 5.60 Å². The Hall–Kier alpha value is -4.15. The average Bonchev–Trinajstić information content (AvgIpc) is 3.98. The van der Waals surface area contributed by atoms with E-state index < -0.39 is 11.4 Å². The number of nitrogens with zero attached hydrogens (tertiary/aromatic N) is 3. The molecule has 1 heterocycles. The molecule has 1 saturated carbocycles. The van der Waals surface area contributed by atoms with Crippen LogP contribution in [0.4, 0.5) is 25.8 Å². The van der Waals surface area contributed by atoms with Crippen molar-refractivity contribution in [1.82, 2.24) is 10.3 Å². The van der Waals surface area contributed by atoms with Crippen LogP contribution < -0.4 is 16.4 Å². The number of halogens is 3. The maximum atomic E-state index is 13.8. The van der Waals surface area contributed by atoms with E-state index in [1.54, 1.807) is 22.8 Å². The number of aliphatic imine (C=N–C) groups is 1. The second-order valence-corrected chi connectivity index (χ2v) is 12.7. The standard InChI is InChI=1S/C26H28BClFN3O.C12H18FN3.C2H6/c1-3-32(27)23-14-24(31-25(17(23)2)19-11-12-22(29)21(28)13-19)26(33,16-30-15-18-9-10-18)20-7-5-4-6-8-20;1-9-6-10(8-16-5-3-4-13)12(14)11(7-9)15-2;1-2/h4-7,11-15,20,30,33H,3,8-10,16H2,1-2H3;6-8,15H,3-5,14H2,1-2H3;1-2H3/q+1;;. The molecule has 2 unspecified atom stereocenters. The van der Waals surface area contributed by atoms with E-state index in [0.29, 0.717) is 55.1 Å². The summed E-state index contributed by atoms with van der Waals surface area (Å²) in [5.41, 5.74) is 13.0. The van der Waals surface area contributed by atoms with Crippen LogP contribution in [0.2, 0.25) is 5.02 Å². The van der Waals surface area contributed by atoms with Gasteiger partial charge in [-0.25, -0.2) is 0 Å². The number of hydrogen-bond donors (Lipinski definition) is 4. The number of aryl methyl sites for hydroxylation is 1. The van der Waals surface area contributed by atoms with Crippen LogP contribution in [0.1, 0.15) is 68.8 Å². The van der Waals surface area contributed by atoms with Gasteiger partial charge >= 0.3 is 201 Å². The zero-order chi connectivity index (χ0) is 37.6. The van der Waals surface area contributed by atoms with Gasteiger partial charge in [-0.2, -0.15) is 0 Å². The fraction of sp³-hybridized carbons (Fsp3) is 0.400. The molecule has 1 radical (unpaired) electrons. The molecule has 2 aliphatic rings. The van der Waals surface area contributed by atoms with Gasteiger partial charge in [-0.3, -0.25) is 9.38 Å². The zero-order valence-corrected chi connectivity index (χ0v) is 31.5. The third-order valence-electron chi connectivity index (χ3n) is 8.62. The van der Waals surface area contributed by atoms with Crippen molar-refractivity contribution in [2.24, 2.45) is 10.9 Å². The van der Waals surface area contributed by atoms with Crippen molar-refractivity contribution < 1.29 is 18.4 Å². The quantitative estimate of drug-likeness (QED) is 0.0613. The number of alkyl halides is 1. The van der Waals surface area contributed by atoms with Gasteiger partial charge in [-0.1, -0.05) is 13.8 Å². The van der Waals surface area contributed by atoms with Crippen LogP contribution in [0.5, 0.6) is 0 Å². The van der Waals surface area contributed by atoms with E-state index in [9.17, 15) is 13.9 Å². The minimum absolute atomic E-state index is 0.0223. The molecule has 2 aromatic carbocycles. The molecular formula is C40H52BClF2N6O+. The minimum atomic E-state index is -1.29. The Morgan fingerprint density at radius 3 is 2.53 bits per heavy atom. The summed E-state index contributed by atoms with van der Waals surface area (Å²) in [4.78, 5) is 9.06. The van der Waals surface area contributed by atoms with E-state index in [1.807, 2.05) is 90.4 Å².